The van der Waals surface area contributed by atoms with E-state index in [-0.39, 0.29) is 0 Å². The summed E-state index contributed by atoms with van der Waals surface area (Å²) < 4.78 is 0. The van der Waals surface area contributed by atoms with Crippen molar-refractivity contribution in [2.24, 2.45) is 0 Å². The van der Waals surface area contributed by atoms with E-state index in [1.165, 1.54) is 5.29 Å². The van der Waals surface area contributed by atoms with Gasteiger partial charge in [-0.25, -0.2) is 0 Å². The fraction of sp³-hybridized carbons (Fsp3) is 0.615. The highest BCUT2D eigenvalue weighted by Gasteiger charge is 2.41. The summed E-state index contributed by atoms with van der Waals surface area (Å²) in [5, 5.41) is 2.07. The first-order chi connectivity index (χ1) is 6.61. The third-order valence-electron chi connectivity index (χ3n) is 2.85. The van der Waals surface area contributed by atoms with E-state index in [1.54, 1.807) is 0 Å². The second-order valence-electron chi connectivity index (χ2n) is 6.07. The number of hydrogen-bond donors (Lipinski definition) is 0. The van der Waals surface area contributed by atoms with Gasteiger partial charge in [-0.3, -0.25) is 0 Å². The largest absolute Gasteiger partial charge is 0.0616 e. The second kappa shape index (κ2) is 3.93. The van der Waals surface area contributed by atoms with Crippen LogP contribution in [0.2, 0.25) is 0 Å². The van der Waals surface area contributed by atoms with Gasteiger partial charge in [0.15, 0.2) is 0 Å². The van der Waals surface area contributed by atoms with Crippen LogP contribution < -0.4 is 0 Å². The Morgan fingerprint density at radius 3 is 1.47 bits per heavy atom. The fourth-order valence-electron chi connectivity index (χ4n) is 2.35. The molecular weight excluding hydrogens is 267 g/mol. The molecule has 0 aromatic heterocycles. The normalized spacial score (nSPS) is 17.7. The Bertz CT molecular complexity index is 327. The lowest BCUT2D eigenvalue weighted by Gasteiger charge is -2.45. The predicted octanol–water partition coefficient (Wildman–Crippen LogP) is 5.21. The van der Waals surface area contributed by atoms with E-state index in [9.17, 15) is 0 Å². The number of hydrogen-bond acceptors (Lipinski definition) is 0. The van der Waals surface area contributed by atoms with Gasteiger partial charge in [0, 0.05) is 0 Å². The molecule has 0 aromatic rings. The molecule has 0 amide bonds. The molecule has 0 aliphatic heterocycles. The van der Waals surface area contributed by atoms with Crippen LogP contribution in [-0.4, -0.2) is 15.6 Å². The van der Waals surface area contributed by atoms with E-state index in [0.717, 1.165) is 0 Å². The molecule has 0 atom stereocenters. The van der Waals surface area contributed by atoms with Crippen molar-refractivity contribution >= 4 is 26.4 Å². The van der Waals surface area contributed by atoms with Gasteiger partial charge in [0.05, 0.1) is 0 Å². The highest BCUT2D eigenvalue weighted by molar-refractivity contribution is 9.42. The molecule has 0 spiro atoms. The van der Waals surface area contributed by atoms with Crippen molar-refractivity contribution in [3.05, 3.63) is 24.3 Å². The summed E-state index contributed by atoms with van der Waals surface area (Å²) in [6, 6.07) is 0. The van der Waals surface area contributed by atoms with Crippen LogP contribution in [0, 0.1) is 0 Å². The molecule has 0 saturated carbocycles. The molecule has 2 heteroatoms. The SMILES string of the molecule is CC(C)(C)P(Br)(=C1C=CC=C1)C(C)(C)C. The van der Waals surface area contributed by atoms with Crippen molar-refractivity contribution < 1.29 is 0 Å². The van der Waals surface area contributed by atoms with E-state index >= 15 is 0 Å². The Balaban J connectivity index is 3.54. The lowest BCUT2D eigenvalue weighted by Crippen LogP contribution is -2.28. The number of halogens is 1. The molecule has 86 valence electrons. The van der Waals surface area contributed by atoms with Crippen LogP contribution in [0.5, 0.6) is 0 Å². The van der Waals surface area contributed by atoms with Crippen molar-refractivity contribution in [2.45, 2.75) is 51.9 Å². The van der Waals surface area contributed by atoms with Gasteiger partial charge in [-0.05, 0) is 21.2 Å². The van der Waals surface area contributed by atoms with Gasteiger partial charge in [-0.1, -0.05) is 81.3 Å². The average Bonchev–Trinajstić information content (AvgIpc) is 2.49. The molecule has 0 aromatic carbocycles. The van der Waals surface area contributed by atoms with Crippen molar-refractivity contribution in [1.82, 2.24) is 0 Å². The third kappa shape index (κ3) is 2.19. The van der Waals surface area contributed by atoms with Crippen LogP contribution in [-0.2, 0) is 0 Å². The van der Waals surface area contributed by atoms with Crippen LogP contribution in [0.25, 0.3) is 0 Å². The van der Waals surface area contributed by atoms with Crippen LogP contribution >= 0.6 is 21.1 Å². The van der Waals surface area contributed by atoms with Crippen molar-refractivity contribution in [1.29, 1.82) is 0 Å². The maximum atomic E-state index is 4.12. The standard InChI is InChI=1S/C13H22BrP/c1-12(2,3)15(14,13(4,5)6)11-9-7-8-10-11/h7-10H,1-6H3. The van der Waals surface area contributed by atoms with Crippen LogP contribution in [0.15, 0.2) is 24.3 Å². The summed E-state index contributed by atoms with van der Waals surface area (Å²) in [7, 11) is 0. The molecular formula is C13H22BrP. The maximum absolute atomic E-state index is 4.12. The fourth-order valence-corrected chi connectivity index (χ4v) is 7.20. The monoisotopic (exact) mass is 288 g/mol. The first-order valence-corrected chi connectivity index (χ1v) is 9.22. The van der Waals surface area contributed by atoms with Gasteiger partial charge >= 0.3 is 0 Å². The van der Waals surface area contributed by atoms with Crippen molar-refractivity contribution in [3.63, 3.8) is 0 Å². The zero-order chi connectivity index (χ0) is 11.9. The molecule has 0 unspecified atom stereocenters. The van der Waals surface area contributed by atoms with Crippen molar-refractivity contribution in [3.8, 4) is 0 Å². The minimum absolute atomic E-state index is 0.291. The maximum Gasteiger partial charge on any atom is -0.00793 e. The number of rotatable bonds is 0. The van der Waals surface area contributed by atoms with Crippen LogP contribution in [0.1, 0.15) is 41.5 Å². The zero-order valence-electron chi connectivity index (χ0n) is 10.6. The molecule has 15 heavy (non-hydrogen) atoms. The van der Waals surface area contributed by atoms with Gasteiger partial charge in [-0.15, -0.1) is 0 Å². The Hall–Kier alpha value is 0.260. The van der Waals surface area contributed by atoms with E-state index in [1.807, 2.05) is 0 Å². The quantitative estimate of drug-likeness (QED) is 0.537. The minimum Gasteiger partial charge on any atom is -0.0616 e. The van der Waals surface area contributed by atoms with E-state index in [4.69, 9.17) is 0 Å². The highest BCUT2D eigenvalue weighted by Crippen LogP contribution is 2.75. The predicted molar refractivity (Wildman–Crippen MR) is 78.6 cm³/mol. The summed E-state index contributed by atoms with van der Waals surface area (Å²) >= 11 is 4.12. The van der Waals surface area contributed by atoms with Gasteiger partial charge in [0.1, 0.15) is 0 Å². The van der Waals surface area contributed by atoms with Gasteiger partial charge in [0.25, 0.3) is 0 Å². The van der Waals surface area contributed by atoms with Gasteiger partial charge < -0.3 is 0 Å². The van der Waals surface area contributed by atoms with E-state index < -0.39 is 5.59 Å². The second-order valence-corrected chi connectivity index (χ2v) is 13.6. The van der Waals surface area contributed by atoms with E-state index in [0.29, 0.717) is 10.3 Å². The smallest absolute Gasteiger partial charge is 0.00793 e. The summed E-state index contributed by atoms with van der Waals surface area (Å²) in [5.41, 5.74) is -1.33. The Morgan fingerprint density at radius 2 is 1.20 bits per heavy atom. The first kappa shape index (κ1) is 13.3. The van der Waals surface area contributed by atoms with Crippen LogP contribution in [0.3, 0.4) is 0 Å². The lowest BCUT2D eigenvalue weighted by molar-refractivity contribution is 0.717. The topological polar surface area (TPSA) is 0 Å². The summed E-state index contributed by atoms with van der Waals surface area (Å²) in [6.07, 6.45) is 8.81. The van der Waals surface area contributed by atoms with Gasteiger partial charge in [-0.2, -0.15) is 0 Å². The Labute approximate surface area is 103 Å². The average molecular weight is 289 g/mol. The molecule has 1 rings (SSSR count). The molecule has 0 bridgehead atoms. The van der Waals surface area contributed by atoms with E-state index in [2.05, 4.69) is 81.3 Å². The molecule has 0 nitrogen and oxygen atoms in total. The molecule has 0 heterocycles. The third-order valence-corrected chi connectivity index (χ3v) is 15.2. The first-order valence-electron chi connectivity index (χ1n) is 5.42. The molecule has 0 radical (unpaired) electrons. The Kier molecular flexibility index (Phi) is 3.49. The van der Waals surface area contributed by atoms with Gasteiger partial charge in [0.2, 0.25) is 0 Å². The summed E-state index contributed by atoms with van der Waals surface area (Å²) in [4.78, 5) is 0. The minimum atomic E-state index is -1.33. The zero-order valence-corrected chi connectivity index (χ0v) is 13.1. The lowest BCUT2D eigenvalue weighted by atomic mass is 10.2. The number of allylic oxidation sites excluding steroid dienone is 4. The molecule has 1 aliphatic rings. The summed E-state index contributed by atoms with van der Waals surface area (Å²) in [5.74, 6) is 0. The molecule has 0 fully saturated rings. The highest BCUT2D eigenvalue weighted by atomic mass is 79.9. The van der Waals surface area contributed by atoms with Crippen molar-refractivity contribution in [2.75, 3.05) is 0 Å². The molecule has 0 N–H and O–H groups in total. The Morgan fingerprint density at radius 1 is 0.867 bits per heavy atom. The summed E-state index contributed by atoms with van der Waals surface area (Å²) in [6.45, 7) is 14.0. The van der Waals surface area contributed by atoms with Crippen LogP contribution in [0.4, 0.5) is 0 Å². The molecule has 0 saturated heterocycles. The molecule has 1 aliphatic carbocycles.